The molecule has 0 amide bonds. The lowest BCUT2D eigenvalue weighted by atomic mass is 10.1. The average molecular weight is 345 g/mol. The molecule has 24 heavy (non-hydrogen) atoms. The predicted molar refractivity (Wildman–Crippen MR) is 103 cm³/mol. The van der Waals surface area contributed by atoms with Gasteiger partial charge in [-0.15, -0.1) is 12.4 Å². The Balaban J connectivity index is 0.00000208. The summed E-state index contributed by atoms with van der Waals surface area (Å²) < 4.78 is 5.39. The number of aromatic nitrogens is 1. The van der Waals surface area contributed by atoms with Crippen molar-refractivity contribution in [2.24, 2.45) is 0 Å². The van der Waals surface area contributed by atoms with Crippen LogP contribution in [-0.2, 0) is 13.0 Å². The molecule has 0 aliphatic rings. The molecule has 3 rings (SSSR count). The van der Waals surface area contributed by atoms with Gasteiger partial charge in [-0.2, -0.15) is 0 Å². The Morgan fingerprint density at radius 3 is 2.67 bits per heavy atom. The third kappa shape index (κ3) is 3.92. The number of aryl methyl sites for hydroxylation is 2. The highest BCUT2D eigenvalue weighted by molar-refractivity contribution is 5.85. The Kier molecular flexibility index (Phi) is 6.29. The minimum Gasteiger partial charge on any atom is -0.496 e. The molecule has 128 valence electrons. The molecule has 0 aliphatic carbocycles. The van der Waals surface area contributed by atoms with Gasteiger partial charge in [0.1, 0.15) is 5.75 Å². The zero-order valence-corrected chi connectivity index (χ0v) is 15.3. The number of fused-ring (bicyclic) bond motifs is 1. The summed E-state index contributed by atoms with van der Waals surface area (Å²) in [5, 5.41) is 4.88. The lowest BCUT2D eigenvalue weighted by Gasteiger charge is -2.09. The third-order valence-electron chi connectivity index (χ3n) is 4.33. The maximum absolute atomic E-state index is 5.39. The van der Waals surface area contributed by atoms with Crippen LogP contribution in [0.15, 0.2) is 42.5 Å². The van der Waals surface area contributed by atoms with Crippen molar-refractivity contribution in [1.82, 2.24) is 10.3 Å². The Labute approximate surface area is 149 Å². The van der Waals surface area contributed by atoms with Gasteiger partial charge in [0.15, 0.2) is 0 Å². The molecule has 4 heteroatoms. The van der Waals surface area contributed by atoms with Gasteiger partial charge in [0.05, 0.1) is 7.11 Å². The Hall–Kier alpha value is -1.97. The van der Waals surface area contributed by atoms with Crippen LogP contribution in [0.3, 0.4) is 0 Å². The van der Waals surface area contributed by atoms with E-state index in [0.717, 1.165) is 25.3 Å². The van der Waals surface area contributed by atoms with Gasteiger partial charge in [-0.1, -0.05) is 29.8 Å². The first-order valence-corrected chi connectivity index (χ1v) is 8.09. The number of methoxy groups -OCH3 is 1. The molecule has 3 aromatic rings. The molecule has 0 spiro atoms. The quantitative estimate of drug-likeness (QED) is 0.644. The fourth-order valence-corrected chi connectivity index (χ4v) is 3.10. The van der Waals surface area contributed by atoms with E-state index in [9.17, 15) is 0 Å². The van der Waals surface area contributed by atoms with Crippen LogP contribution in [0, 0.1) is 13.8 Å². The van der Waals surface area contributed by atoms with E-state index < -0.39 is 0 Å². The largest absolute Gasteiger partial charge is 0.496 e. The molecule has 0 atom stereocenters. The zero-order chi connectivity index (χ0) is 16.2. The van der Waals surface area contributed by atoms with E-state index in [0.29, 0.717) is 0 Å². The molecule has 2 N–H and O–H groups in total. The molecule has 0 fully saturated rings. The van der Waals surface area contributed by atoms with Crippen LogP contribution in [0.4, 0.5) is 0 Å². The van der Waals surface area contributed by atoms with E-state index >= 15 is 0 Å². The topological polar surface area (TPSA) is 37.0 Å². The molecule has 2 aromatic carbocycles. The van der Waals surface area contributed by atoms with Crippen LogP contribution in [0.5, 0.6) is 5.75 Å². The number of H-pyrrole nitrogens is 1. The van der Waals surface area contributed by atoms with Gasteiger partial charge < -0.3 is 15.0 Å². The number of para-hydroxylation sites is 1. The molecule has 1 heterocycles. The van der Waals surface area contributed by atoms with Crippen LogP contribution < -0.4 is 10.1 Å². The molecular weight excluding hydrogens is 320 g/mol. The highest BCUT2D eigenvalue weighted by atomic mass is 35.5. The Bertz CT molecular complexity index is 811. The fraction of sp³-hybridized carbons (Fsp3) is 0.300. The number of ether oxygens (including phenoxy) is 1. The van der Waals surface area contributed by atoms with Crippen molar-refractivity contribution < 1.29 is 4.74 Å². The van der Waals surface area contributed by atoms with Crippen LogP contribution >= 0.6 is 12.4 Å². The number of aromatic amines is 1. The van der Waals surface area contributed by atoms with Gasteiger partial charge in [0.25, 0.3) is 0 Å². The van der Waals surface area contributed by atoms with E-state index in [1.807, 2.05) is 18.2 Å². The van der Waals surface area contributed by atoms with Crippen molar-refractivity contribution in [3.8, 4) is 5.75 Å². The highest BCUT2D eigenvalue weighted by Gasteiger charge is 2.08. The van der Waals surface area contributed by atoms with Crippen molar-refractivity contribution >= 4 is 23.3 Å². The number of nitrogens with one attached hydrogen (secondary N) is 2. The second-order valence-electron chi connectivity index (χ2n) is 6.02. The Morgan fingerprint density at radius 1 is 1.08 bits per heavy atom. The number of hydrogen-bond donors (Lipinski definition) is 2. The molecule has 0 bridgehead atoms. The maximum atomic E-state index is 5.39. The second kappa shape index (κ2) is 8.22. The lowest BCUT2D eigenvalue weighted by molar-refractivity contribution is 0.408. The summed E-state index contributed by atoms with van der Waals surface area (Å²) in [4.78, 5) is 3.48. The smallest absolute Gasteiger partial charge is 0.123 e. The molecule has 0 saturated heterocycles. The zero-order valence-electron chi connectivity index (χ0n) is 14.5. The first kappa shape index (κ1) is 18.4. The van der Waals surface area contributed by atoms with Gasteiger partial charge in [0.2, 0.25) is 0 Å². The maximum Gasteiger partial charge on any atom is 0.123 e. The summed E-state index contributed by atoms with van der Waals surface area (Å²) >= 11 is 0. The summed E-state index contributed by atoms with van der Waals surface area (Å²) in [6, 6.07) is 14.8. The van der Waals surface area contributed by atoms with Crippen LogP contribution in [0.2, 0.25) is 0 Å². The van der Waals surface area contributed by atoms with E-state index in [4.69, 9.17) is 4.74 Å². The number of halogens is 1. The van der Waals surface area contributed by atoms with Crippen molar-refractivity contribution in [3.05, 3.63) is 64.8 Å². The van der Waals surface area contributed by atoms with Gasteiger partial charge in [0, 0.05) is 28.7 Å². The summed E-state index contributed by atoms with van der Waals surface area (Å²) in [5.41, 5.74) is 6.41. The van der Waals surface area contributed by atoms with E-state index in [1.165, 1.54) is 33.3 Å². The van der Waals surface area contributed by atoms with E-state index in [2.05, 4.69) is 48.4 Å². The average Bonchev–Trinajstić information content (AvgIpc) is 2.87. The summed E-state index contributed by atoms with van der Waals surface area (Å²) in [7, 11) is 1.72. The van der Waals surface area contributed by atoms with Crippen molar-refractivity contribution in [2.75, 3.05) is 13.7 Å². The fourth-order valence-electron chi connectivity index (χ4n) is 3.10. The molecule has 3 nitrogen and oxygen atoms in total. The second-order valence-corrected chi connectivity index (χ2v) is 6.02. The normalized spacial score (nSPS) is 10.6. The SMILES string of the molecule is COc1ccccc1CNCCc1c(C)[nH]c2ccc(C)cc12.Cl. The van der Waals surface area contributed by atoms with Crippen molar-refractivity contribution in [3.63, 3.8) is 0 Å². The first-order valence-electron chi connectivity index (χ1n) is 8.09. The summed E-state index contributed by atoms with van der Waals surface area (Å²) in [6.45, 7) is 6.07. The molecule has 1 aromatic heterocycles. The monoisotopic (exact) mass is 344 g/mol. The minimum absolute atomic E-state index is 0. The Morgan fingerprint density at radius 2 is 1.88 bits per heavy atom. The lowest BCUT2D eigenvalue weighted by Crippen LogP contribution is -2.17. The van der Waals surface area contributed by atoms with Gasteiger partial charge in [-0.3, -0.25) is 0 Å². The molecule has 0 unspecified atom stereocenters. The highest BCUT2D eigenvalue weighted by Crippen LogP contribution is 2.23. The van der Waals surface area contributed by atoms with Crippen molar-refractivity contribution in [2.45, 2.75) is 26.8 Å². The number of hydrogen-bond acceptors (Lipinski definition) is 2. The predicted octanol–water partition coefficient (Wildman–Crippen LogP) is 4.55. The van der Waals surface area contributed by atoms with E-state index in [1.54, 1.807) is 7.11 Å². The van der Waals surface area contributed by atoms with Gasteiger partial charge in [-0.25, -0.2) is 0 Å². The van der Waals surface area contributed by atoms with Crippen LogP contribution in [0.1, 0.15) is 22.4 Å². The molecule has 0 saturated carbocycles. The third-order valence-corrected chi connectivity index (χ3v) is 4.33. The van der Waals surface area contributed by atoms with Crippen LogP contribution in [0.25, 0.3) is 10.9 Å². The van der Waals surface area contributed by atoms with Gasteiger partial charge in [-0.05, 0) is 50.6 Å². The van der Waals surface area contributed by atoms with Gasteiger partial charge >= 0.3 is 0 Å². The molecular formula is C20H25ClN2O. The summed E-state index contributed by atoms with van der Waals surface area (Å²) in [5.74, 6) is 0.943. The van der Waals surface area contributed by atoms with Crippen LogP contribution in [-0.4, -0.2) is 18.6 Å². The molecule has 0 aliphatic heterocycles. The van der Waals surface area contributed by atoms with Crippen molar-refractivity contribution in [1.29, 1.82) is 0 Å². The number of rotatable bonds is 6. The standard InChI is InChI=1S/C20H24N2O.ClH/c1-14-8-9-19-18(12-14)17(15(2)22-19)10-11-21-13-16-6-4-5-7-20(16)23-3;/h4-9,12,21-22H,10-11,13H2,1-3H3;1H. The summed E-state index contributed by atoms with van der Waals surface area (Å²) in [6.07, 6.45) is 1.02. The minimum atomic E-state index is 0. The first-order chi connectivity index (χ1) is 11.2. The van der Waals surface area contributed by atoms with E-state index in [-0.39, 0.29) is 12.4 Å². The number of benzene rings is 2. The molecule has 0 radical (unpaired) electrons.